The van der Waals surface area contributed by atoms with Crippen molar-refractivity contribution in [2.24, 2.45) is 0 Å². The van der Waals surface area contributed by atoms with Crippen LogP contribution < -0.4 is 0 Å². The number of imide groups is 1. The van der Waals surface area contributed by atoms with Crippen LogP contribution in [0.1, 0.15) is 11.1 Å². The van der Waals surface area contributed by atoms with Crippen molar-refractivity contribution < 1.29 is 14.5 Å². The number of halogens is 2. The molecule has 2 aromatic rings. The van der Waals surface area contributed by atoms with Crippen LogP contribution in [0.5, 0.6) is 0 Å². The fraction of sp³-hybridized carbons (Fsp3) is 0.0588. The standard InChI is InChI=1S/C17H10Cl2N2O4S/c18-12-5-3-6-13(19)11(12)8-15-16(22)20(17(23)26-15)9-10-4-1-2-7-14(10)21(24)25/h1-8H,9H2/b15-8+. The number of amides is 2. The second-order valence-corrected chi connectivity index (χ2v) is 7.10. The molecule has 0 atom stereocenters. The van der Waals surface area contributed by atoms with E-state index >= 15 is 0 Å². The Morgan fingerprint density at radius 2 is 1.73 bits per heavy atom. The van der Waals surface area contributed by atoms with E-state index in [4.69, 9.17) is 23.2 Å². The number of nitro benzene ring substituents is 1. The number of benzene rings is 2. The highest BCUT2D eigenvalue weighted by molar-refractivity contribution is 8.18. The molecule has 1 saturated heterocycles. The Morgan fingerprint density at radius 1 is 1.08 bits per heavy atom. The van der Waals surface area contributed by atoms with Crippen LogP contribution in [-0.4, -0.2) is 21.0 Å². The Labute approximate surface area is 162 Å². The van der Waals surface area contributed by atoms with Crippen molar-refractivity contribution in [3.05, 3.63) is 78.7 Å². The summed E-state index contributed by atoms with van der Waals surface area (Å²) in [5, 5.41) is 11.3. The Bertz CT molecular complexity index is 941. The SMILES string of the molecule is O=C1S/C(=C/c2c(Cl)cccc2Cl)C(=O)N1Cc1ccccc1[N+](=O)[O-]. The van der Waals surface area contributed by atoms with Gasteiger partial charge in [-0.2, -0.15) is 0 Å². The molecule has 2 aromatic carbocycles. The van der Waals surface area contributed by atoms with Crippen LogP contribution in [0, 0.1) is 10.1 Å². The van der Waals surface area contributed by atoms with Gasteiger partial charge in [-0.25, -0.2) is 0 Å². The Hall–Kier alpha value is -2.35. The average Bonchev–Trinajstić information content (AvgIpc) is 2.86. The topological polar surface area (TPSA) is 80.5 Å². The molecular formula is C17H10Cl2N2O4S. The second kappa shape index (κ2) is 7.49. The molecule has 26 heavy (non-hydrogen) atoms. The molecule has 0 bridgehead atoms. The normalized spacial score (nSPS) is 15.8. The number of hydrogen-bond acceptors (Lipinski definition) is 5. The van der Waals surface area contributed by atoms with Gasteiger partial charge in [-0.3, -0.25) is 24.6 Å². The van der Waals surface area contributed by atoms with Gasteiger partial charge < -0.3 is 0 Å². The van der Waals surface area contributed by atoms with E-state index in [1.54, 1.807) is 24.3 Å². The molecule has 0 N–H and O–H groups in total. The summed E-state index contributed by atoms with van der Waals surface area (Å²) in [4.78, 5) is 36.5. The molecule has 3 rings (SSSR count). The van der Waals surface area contributed by atoms with Crippen molar-refractivity contribution in [2.45, 2.75) is 6.54 Å². The fourth-order valence-electron chi connectivity index (χ4n) is 2.41. The molecule has 0 radical (unpaired) electrons. The summed E-state index contributed by atoms with van der Waals surface area (Å²) in [5.41, 5.74) is 0.563. The van der Waals surface area contributed by atoms with Gasteiger partial charge in [0.2, 0.25) is 0 Å². The number of nitro groups is 1. The van der Waals surface area contributed by atoms with E-state index in [9.17, 15) is 19.7 Å². The average molecular weight is 409 g/mol. The van der Waals surface area contributed by atoms with Crippen molar-refractivity contribution >= 4 is 57.9 Å². The Kier molecular flexibility index (Phi) is 5.31. The van der Waals surface area contributed by atoms with E-state index in [1.165, 1.54) is 24.3 Å². The maximum absolute atomic E-state index is 12.6. The fourth-order valence-corrected chi connectivity index (χ4v) is 3.74. The van der Waals surface area contributed by atoms with Crippen LogP contribution in [0.25, 0.3) is 6.08 Å². The summed E-state index contributed by atoms with van der Waals surface area (Å²) in [6, 6.07) is 10.9. The lowest BCUT2D eigenvalue weighted by molar-refractivity contribution is -0.385. The first kappa shape index (κ1) is 18.4. The van der Waals surface area contributed by atoms with E-state index in [0.717, 1.165) is 16.7 Å². The van der Waals surface area contributed by atoms with Crippen LogP contribution in [-0.2, 0) is 11.3 Å². The highest BCUT2D eigenvalue weighted by Gasteiger charge is 2.36. The zero-order valence-corrected chi connectivity index (χ0v) is 15.3. The number of thioether (sulfide) groups is 1. The summed E-state index contributed by atoms with van der Waals surface area (Å²) >= 11 is 12.9. The van der Waals surface area contributed by atoms with Gasteiger partial charge in [0.05, 0.1) is 16.4 Å². The zero-order chi connectivity index (χ0) is 18.8. The number of carbonyl (C=O) groups excluding carboxylic acids is 2. The summed E-state index contributed by atoms with van der Waals surface area (Å²) in [6.45, 7) is -0.185. The van der Waals surface area contributed by atoms with Crippen LogP contribution in [0.4, 0.5) is 10.5 Å². The molecule has 0 unspecified atom stereocenters. The Balaban J connectivity index is 1.91. The largest absolute Gasteiger partial charge is 0.293 e. The van der Waals surface area contributed by atoms with Gasteiger partial charge in [0.1, 0.15) is 0 Å². The number of para-hydroxylation sites is 1. The lowest BCUT2D eigenvalue weighted by Gasteiger charge is -2.12. The van der Waals surface area contributed by atoms with E-state index in [-0.39, 0.29) is 22.7 Å². The molecule has 1 fully saturated rings. The molecule has 2 amide bonds. The van der Waals surface area contributed by atoms with Gasteiger partial charge in [0, 0.05) is 27.2 Å². The third kappa shape index (κ3) is 3.60. The minimum Gasteiger partial charge on any atom is -0.268 e. The molecule has 6 nitrogen and oxygen atoms in total. The molecule has 1 aliphatic heterocycles. The van der Waals surface area contributed by atoms with Crippen molar-refractivity contribution in [3.63, 3.8) is 0 Å². The predicted molar refractivity (Wildman–Crippen MR) is 101 cm³/mol. The van der Waals surface area contributed by atoms with E-state index < -0.39 is 16.1 Å². The van der Waals surface area contributed by atoms with Crippen LogP contribution >= 0.6 is 35.0 Å². The Morgan fingerprint density at radius 3 is 2.38 bits per heavy atom. The van der Waals surface area contributed by atoms with Gasteiger partial charge in [-0.05, 0) is 30.0 Å². The highest BCUT2D eigenvalue weighted by atomic mass is 35.5. The van der Waals surface area contributed by atoms with Gasteiger partial charge >= 0.3 is 0 Å². The van der Waals surface area contributed by atoms with Crippen molar-refractivity contribution in [3.8, 4) is 0 Å². The number of hydrogen-bond donors (Lipinski definition) is 0. The maximum atomic E-state index is 12.6. The minimum atomic E-state index is -0.548. The molecule has 0 spiro atoms. The minimum absolute atomic E-state index is 0.148. The van der Waals surface area contributed by atoms with Gasteiger partial charge in [0.15, 0.2) is 0 Å². The van der Waals surface area contributed by atoms with Crippen molar-refractivity contribution in [2.75, 3.05) is 0 Å². The lowest BCUT2D eigenvalue weighted by atomic mass is 10.1. The maximum Gasteiger partial charge on any atom is 0.293 e. The summed E-state index contributed by atoms with van der Waals surface area (Å²) in [6.07, 6.45) is 1.45. The van der Waals surface area contributed by atoms with E-state index in [1.807, 2.05) is 0 Å². The first-order valence-electron chi connectivity index (χ1n) is 7.30. The van der Waals surface area contributed by atoms with Crippen LogP contribution in [0.2, 0.25) is 10.0 Å². The molecule has 132 valence electrons. The monoisotopic (exact) mass is 408 g/mol. The van der Waals surface area contributed by atoms with Gasteiger partial charge in [-0.15, -0.1) is 0 Å². The molecule has 1 aliphatic rings. The number of rotatable bonds is 4. The molecule has 0 saturated carbocycles. The quantitative estimate of drug-likeness (QED) is 0.397. The first-order chi connectivity index (χ1) is 12.4. The van der Waals surface area contributed by atoms with E-state index in [0.29, 0.717) is 15.6 Å². The number of carbonyl (C=O) groups is 2. The second-order valence-electron chi connectivity index (χ2n) is 5.29. The summed E-state index contributed by atoms with van der Waals surface area (Å²) in [5.74, 6) is -0.547. The molecule has 1 heterocycles. The smallest absolute Gasteiger partial charge is 0.268 e. The molecule has 0 aromatic heterocycles. The molecule has 9 heteroatoms. The van der Waals surface area contributed by atoms with Crippen molar-refractivity contribution in [1.29, 1.82) is 0 Å². The highest BCUT2D eigenvalue weighted by Crippen LogP contribution is 2.36. The van der Waals surface area contributed by atoms with Crippen LogP contribution in [0.15, 0.2) is 47.4 Å². The van der Waals surface area contributed by atoms with E-state index in [2.05, 4.69) is 0 Å². The predicted octanol–water partition coefficient (Wildman–Crippen LogP) is 5.14. The summed E-state index contributed by atoms with van der Waals surface area (Å²) < 4.78 is 0. The van der Waals surface area contributed by atoms with Crippen molar-refractivity contribution in [1.82, 2.24) is 4.90 Å². The number of nitrogens with zero attached hydrogens (tertiary/aromatic N) is 2. The van der Waals surface area contributed by atoms with Gasteiger partial charge in [-0.1, -0.05) is 47.5 Å². The third-order valence-electron chi connectivity index (χ3n) is 3.67. The first-order valence-corrected chi connectivity index (χ1v) is 8.87. The zero-order valence-electron chi connectivity index (χ0n) is 13.0. The third-order valence-corrected chi connectivity index (χ3v) is 5.23. The van der Waals surface area contributed by atoms with Crippen LogP contribution in [0.3, 0.4) is 0 Å². The van der Waals surface area contributed by atoms with Gasteiger partial charge in [0.25, 0.3) is 16.8 Å². The summed E-state index contributed by atoms with van der Waals surface area (Å²) in [7, 11) is 0. The molecular weight excluding hydrogens is 399 g/mol. The molecule has 0 aliphatic carbocycles. The lowest BCUT2D eigenvalue weighted by Crippen LogP contribution is -2.27.